The van der Waals surface area contributed by atoms with Gasteiger partial charge >= 0.3 is 5.97 Å². The maximum Gasteiger partial charge on any atom is 0.354 e. The van der Waals surface area contributed by atoms with Crippen LogP contribution in [0.2, 0.25) is 5.02 Å². The van der Waals surface area contributed by atoms with Gasteiger partial charge in [-0.3, -0.25) is 0 Å². The molecule has 0 bridgehead atoms. The van der Waals surface area contributed by atoms with E-state index in [2.05, 4.69) is 4.98 Å². The van der Waals surface area contributed by atoms with Crippen LogP contribution in [0.25, 0.3) is 10.9 Å². The molecule has 0 radical (unpaired) electrons. The number of pyridine rings is 1. The number of para-hydroxylation sites is 1. The molecule has 4 nitrogen and oxygen atoms in total. The Hall–Kier alpha value is -1.65. The van der Waals surface area contributed by atoms with E-state index in [-0.39, 0.29) is 5.69 Å². The number of methoxy groups -OCH3 is 1. The number of hydrogen-bond donors (Lipinski definition) is 1. The number of aromatic carboxylic acids is 1. The van der Waals surface area contributed by atoms with Crippen molar-refractivity contribution in [3.63, 3.8) is 0 Å². The van der Waals surface area contributed by atoms with Gasteiger partial charge in [0, 0.05) is 18.1 Å². The average Bonchev–Trinajstić information content (AvgIpc) is 2.30. The van der Waals surface area contributed by atoms with E-state index < -0.39 is 5.97 Å². The number of rotatable bonds is 3. The number of ether oxygens (including phenoxy) is 1. The van der Waals surface area contributed by atoms with E-state index in [0.717, 1.165) is 10.9 Å². The quantitative estimate of drug-likeness (QED) is 0.911. The molecule has 0 saturated carbocycles. The fourth-order valence-electron chi connectivity index (χ4n) is 1.65. The van der Waals surface area contributed by atoms with Crippen molar-refractivity contribution in [1.82, 2.24) is 4.98 Å². The maximum atomic E-state index is 10.9. The molecule has 0 saturated heterocycles. The first-order valence-corrected chi connectivity index (χ1v) is 5.31. The molecule has 0 atom stereocenters. The molecule has 0 unspecified atom stereocenters. The predicted octanol–water partition coefficient (Wildman–Crippen LogP) is 2.73. The van der Waals surface area contributed by atoms with Gasteiger partial charge in [-0.1, -0.05) is 29.8 Å². The van der Waals surface area contributed by atoms with Crippen LogP contribution in [-0.4, -0.2) is 23.2 Å². The molecule has 88 valence electrons. The van der Waals surface area contributed by atoms with Gasteiger partial charge < -0.3 is 9.84 Å². The van der Waals surface area contributed by atoms with Crippen LogP contribution in [0.3, 0.4) is 0 Å². The summed E-state index contributed by atoms with van der Waals surface area (Å²) in [5.74, 6) is -1.10. The second kappa shape index (κ2) is 4.69. The molecule has 17 heavy (non-hydrogen) atoms. The van der Waals surface area contributed by atoms with Crippen LogP contribution >= 0.6 is 11.6 Å². The van der Waals surface area contributed by atoms with Gasteiger partial charge in [0.2, 0.25) is 0 Å². The number of carboxylic acid groups (broad SMARTS) is 1. The van der Waals surface area contributed by atoms with Crippen molar-refractivity contribution in [2.75, 3.05) is 7.11 Å². The van der Waals surface area contributed by atoms with Gasteiger partial charge in [-0.25, -0.2) is 9.78 Å². The highest BCUT2D eigenvalue weighted by Crippen LogP contribution is 2.26. The molecular formula is C12H10ClNO3. The molecular weight excluding hydrogens is 242 g/mol. The molecule has 2 aromatic rings. The Balaban J connectivity index is 2.73. The molecule has 1 aromatic carbocycles. The molecule has 0 aliphatic heterocycles. The standard InChI is InChI=1S/C12H10ClNO3/c1-17-6-7-3-2-4-8-9(13)5-10(12(15)16)14-11(7)8/h2-5H,6H2,1H3,(H,15,16). The lowest BCUT2D eigenvalue weighted by Gasteiger charge is -2.07. The van der Waals surface area contributed by atoms with E-state index in [9.17, 15) is 4.79 Å². The summed E-state index contributed by atoms with van der Waals surface area (Å²) in [7, 11) is 1.57. The third-order valence-corrected chi connectivity index (χ3v) is 2.70. The summed E-state index contributed by atoms with van der Waals surface area (Å²) in [6.07, 6.45) is 0. The summed E-state index contributed by atoms with van der Waals surface area (Å²) in [4.78, 5) is 15.0. The van der Waals surface area contributed by atoms with E-state index in [0.29, 0.717) is 17.1 Å². The molecule has 2 rings (SSSR count). The molecule has 0 aliphatic carbocycles. The second-order valence-corrected chi connectivity index (χ2v) is 3.95. The molecule has 1 heterocycles. The minimum Gasteiger partial charge on any atom is -0.477 e. The largest absolute Gasteiger partial charge is 0.477 e. The number of fused-ring (bicyclic) bond motifs is 1. The number of carbonyl (C=O) groups is 1. The average molecular weight is 252 g/mol. The van der Waals surface area contributed by atoms with Crippen molar-refractivity contribution >= 4 is 28.5 Å². The highest BCUT2D eigenvalue weighted by molar-refractivity contribution is 6.35. The minimum atomic E-state index is -1.10. The van der Waals surface area contributed by atoms with Crippen molar-refractivity contribution in [1.29, 1.82) is 0 Å². The molecule has 0 aliphatic rings. The van der Waals surface area contributed by atoms with E-state index >= 15 is 0 Å². The lowest BCUT2D eigenvalue weighted by molar-refractivity contribution is 0.0691. The predicted molar refractivity (Wildman–Crippen MR) is 64.4 cm³/mol. The van der Waals surface area contributed by atoms with Crippen molar-refractivity contribution in [3.8, 4) is 0 Å². The van der Waals surface area contributed by atoms with Crippen LogP contribution in [0.5, 0.6) is 0 Å². The lowest BCUT2D eigenvalue weighted by atomic mass is 10.1. The zero-order chi connectivity index (χ0) is 12.4. The molecule has 5 heteroatoms. The Morgan fingerprint density at radius 1 is 1.53 bits per heavy atom. The van der Waals surface area contributed by atoms with Crippen LogP contribution in [-0.2, 0) is 11.3 Å². The Kier molecular flexibility index (Phi) is 3.26. The van der Waals surface area contributed by atoms with Gasteiger partial charge in [-0.15, -0.1) is 0 Å². The fourth-order valence-corrected chi connectivity index (χ4v) is 1.90. The van der Waals surface area contributed by atoms with Gasteiger partial charge in [0.25, 0.3) is 0 Å². The number of benzene rings is 1. The van der Waals surface area contributed by atoms with Gasteiger partial charge in [0.1, 0.15) is 5.69 Å². The first-order valence-electron chi connectivity index (χ1n) is 4.94. The van der Waals surface area contributed by atoms with E-state index in [1.807, 2.05) is 12.1 Å². The minimum absolute atomic E-state index is 0.0638. The SMILES string of the molecule is COCc1cccc2c(Cl)cc(C(=O)O)nc12. The van der Waals surface area contributed by atoms with Crippen molar-refractivity contribution in [2.24, 2.45) is 0 Å². The number of nitrogens with zero attached hydrogens (tertiary/aromatic N) is 1. The molecule has 0 amide bonds. The van der Waals surface area contributed by atoms with Crippen LogP contribution in [0.4, 0.5) is 0 Å². The zero-order valence-electron chi connectivity index (χ0n) is 9.11. The number of hydrogen-bond acceptors (Lipinski definition) is 3. The van der Waals surface area contributed by atoms with E-state index in [4.69, 9.17) is 21.4 Å². The van der Waals surface area contributed by atoms with Gasteiger partial charge in [-0.05, 0) is 6.07 Å². The van der Waals surface area contributed by atoms with Crippen molar-refractivity contribution in [2.45, 2.75) is 6.61 Å². The first-order chi connectivity index (χ1) is 8.13. The summed E-state index contributed by atoms with van der Waals surface area (Å²) in [5.41, 5.74) is 1.32. The Labute approximate surface area is 103 Å². The normalized spacial score (nSPS) is 10.7. The highest BCUT2D eigenvalue weighted by Gasteiger charge is 2.11. The van der Waals surface area contributed by atoms with Gasteiger partial charge in [0.15, 0.2) is 0 Å². The summed E-state index contributed by atoms with van der Waals surface area (Å²) < 4.78 is 5.05. The third kappa shape index (κ3) is 2.23. The van der Waals surface area contributed by atoms with Gasteiger partial charge in [0.05, 0.1) is 17.1 Å². The van der Waals surface area contributed by atoms with Crippen LogP contribution < -0.4 is 0 Å². The number of aromatic nitrogens is 1. The number of halogens is 1. The number of carboxylic acids is 1. The van der Waals surface area contributed by atoms with Crippen LogP contribution in [0.15, 0.2) is 24.3 Å². The maximum absolute atomic E-state index is 10.9. The third-order valence-electron chi connectivity index (χ3n) is 2.39. The van der Waals surface area contributed by atoms with Crippen molar-refractivity contribution in [3.05, 3.63) is 40.5 Å². The Morgan fingerprint density at radius 2 is 2.29 bits per heavy atom. The molecule has 0 spiro atoms. The summed E-state index contributed by atoms with van der Waals surface area (Å²) >= 11 is 6.03. The Bertz CT molecular complexity index is 583. The first kappa shape index (κ1) is 11.8. The van der Waals surface area contributed by atoms with E-state index in [1.165, 1.54) is 6.07 Å². The highest BCUT2D eigenvalue weighted by atomic mass is 35.5. The van der Waals surface area contributed by atoms with E-state index in [1.54, 1.807) is 13.2 Å². The zero-order valence-corrected chi connectivity index (χ0v) is 9.86. The van der Waals surface area contributed by atoms with Crippen LogP contribution in [0, 0.1) is 0 Å². The smallest absolute Gasteiger partial charge is 0.354 e. The summed E-state index contributed by atoms with van der Waals surface area (Å²) in [6.45, 7) is 0.365. The monoisotopic (exact) mass is 251 g/mol. The second-order valence-electron chi connectivity index (χ2n) is 3.54. The van der Waals surface area contributed by atoms with Crippen molar-refractivity contribution < 1.29 is 14.6 Å². The van der Waals surface area contributed by atoms with Crippen LogP contribution in [0.1, 0.15) is 16.1 Å². The summed E-state index contributed by atoms with van der Waals surface area (Å²) in [5, 5.41) is 10.0. The molecule has 0 fully saturated rings. The summed E-state index contributed by atoms with van der Waals surface area (Å²) in [6, 6.07) is 6.82. The molecule has 1 aromatic heterocycles. The lowest BCUT2D eigenvalue weighted by Crippen LogP contribution is -2.02. The fraction of sp³-hybridized carbons (Fsp3) is 0.167. The molecule has 1 N–H and O–H groups in total. The Morgan fingerprint density at radius 3 is 2.94 bits per heavy atom. The van der Waals surface area contributed by atoms with Gasteiger partial charge in [-0.2, -0.15) is 0 Å². The topological polar surface area (TPSA) is 59.4 Å².